The summed E-state index contributed by atoms with van der Waals surface area (Å²) in [4.78, 5) is 22.2. The van der Waals surface area contributed by atoms with Gasteiger partial charge in [0.05, 0.1) is 29.1 Å². The Morgan fingerprint density at radius 2 is 2.46 bits per heavy atom. The topological polar surface area (TPSA) is 67.4 Å². The number of ether oxygens (including phenoxy) is 1. The van der Waals surface area contributed by atoms with Gasteiger partial charge in [-0.1, -0.05) is 0 Å². The number of fused-ring (bicyclic) bond motifs is 1. The van der Waals surface area contributed by atoms with Gasteiger partial charge >= 0.3 is 0 Å². The van der Waals surface area contributed by atoms with Crippen LogP contribution in [-0.2, 0) is 4.74 Å². The molecule has 2 aromatic rings. The van der Waals surface area contributed by atoms with Crippen molar-refractivity contribution in [1.82, 2.24) is 15.3 Å². The number of aromatic nitrogens is 2. The van der Waals surface area contributed by atoms with Crippen molar-refractivity contribution in [3.8, 4) is 0 Å². The third kappa shape index (κ3) is 2.43. The number of hydrogen-bond acceptors (Lipinski definition) is 6. The van der Waals surface area contributed by atoms with E-state index in [4.69, 9.17) is 4.74 Å². The second-order valence-electron chi connectivity index (χ2n) is 7.32. The maximum atomic E-state index is 14.2. The Morgan fingerprint density at radius 3 is 3.27 bits per heavy atom. The van der Waals surface area contributed by atoms with E-state index in [2.05, 4.69) is 20.2 Å². The fourth-order valence-electron chi connectivity index (χ4n) is 4.90. The van der Waals surface area contributed by atoms with Crippen molar-refractivity contribution >= 4 is 22.9 Å². The van der Waals surface area contributed by atoms with Crippen LogP contribution in [0.3, 0.4) is 0 Å². The first-order valence-corrected chi connectivity index (χ1v) is 9.79. The highest BCUT2D eigenvalue weighted by molar-refractivity contribution is 7.07. The summed E-state index contributed by atoms with van der Waals surface area (Å²) in [5.41, 5.74) is 2.49. The Labute approximate surface area is 154 Å². The van der Waals surface area contributed by atoms with Gasteiger partial charge in [0.1, 0.15) is 5.69 Å². The van der Waals surface area contributed by atoms with Crippen molar-refractivity contribution in [2.24, 2.45) is 11.8 Å². The van der Waals surface area contributed by atoms with Gasteiger partial charge in [-0.05, 0) is 18.9 Å². The van der Waals surface area contributed by atoms with Crippen molar-refractivity contribution in [3.05, 3.63) is 40.9 Å². The van der Waals surface area contributed by atoms with Gasteiger partial charge in [-0.15, -0.1) is 11.3 Å². The average molecular weight is 374 g/mol. The standard InChI is InChI=1S/C18H19FN4O2S/c19-13-6-20-4-2-15(13)23-7-12-11(16-1-3-18(12,9-23)25-16)5-21-17(24)14-8-26-10-22-14/h2,4,6,8,10-12,16H,1,3,5,7,9H2,(H,21,24)/t11-,12+,16+,18+/m0/s1. The van der Waals surface area contributed by atoms with E-state index >= 15 is 0 Å². The van der Waals surface area contributed by atoms with Crippen LogP contribution < -0.4 is 10.2 Å². The van der Waals surface area contributed by atoms with Crippen LogP contribution in [0.4, 0.5) is 10.1 Å². The van der Waals surface area contributed by atoms with Crippen molar-refractivity contribution in [2.75, 3.05) is 24.5 Å². The second kappa shape index (κ2) is 5.99. The van der Waals surface area contributed by atoms with E-state index in [1.165, 1.54) is 17.5 Å². The summed E-state index contributed by atoms with van der Waals surface area (Å²) in [6, 6.07) is 1.72. The zero-order chi connectivity index (χ0) is 17.7. The van der Waals surface area contributed by atoms with E-state index in [1.807, 2.05) is 0 Å². The molecular formula is C18H19FN4O2S. The highest BCUT2D eigenvalue weighted by Crippen LogP contribution is 2.55. The van der Waals surface area contributed by atoms with E-state index < -0.39 is 0 Å². The Balaban J connectivity index is 1.32. The molecule has 0 saturated carbocycles. The lowest BCUT2D eigenvalue weighted by Crippen LogP contribution is -2.42. The molecule has 0 unspecified atom stereocenters. The van der Waals surface area contributed by atoms with Crippen LogP contribution in [0, 0.1) is 17.7 Å². The van der Waals surface area contributed by atoms with E-state index in [0.29, 0.717) is 30.4 Å². The fraction of sp³-hybridized carbons (Fsp3) is 0.500. The lowest BCUT2D eigenvalue weighted by atomic mass is 9.73. The van der Waals surface area contributed by atoms with Crippen LogP contribution in [0.25, 0.3) is 0 Å². The van der Waals surface area contributed by atoms with E-state index in [9.17, 15) is 9.18 Å². The molecule has 5 heterocycles. The molecule has 136 valence electrons. The van der Waals surface area contributed by atoms with E-state index in [1.54, 1.807) is 23.2 Å². The average Bonchev–Trinajstić information content (AvgIpc) is 3.40. The molecule has 2 aromatic heterocycles. The number of anilines is 1. The normalized spacial score (nSPS) is 32.0. The van der Waals surface area contributed by atoms with Crippen molar-refractivity contribution < 1.29 is 13.9 Å². The first-order chi connectivity index (χ1) is 12.7. The van der Waals surface area contributed by atoms with Crippen LogP contribution in [0.5, 0.6) is 0 Å². The lowest BCUT2D eigenvalue weighted by Gasteiger charge is -2.29. The Hall–Kier alpha value is -2.06. The maximum absolute atomic E-state index is 14.2. The maximum Gasteiger partial charge on any atom is 0.270 e. The van der Waals surface area contributed by atoms with E-state index in [-0.39, 0.29) is 29.3 Å². The van der Waals surface area contributed by atoms with Gasteiger partial charge in [0.25, 0.3) is 5.91 Å². The van der Waals surface area contributed by atoms with Crippen molar-refractivity contribution in [2.45, 2.75) is 24.5 Å². The van der Waals surface area contributed by atoms with E-state index in [0.717, 1.165) is 19.4 Å². The number of nitrogens with one attached hydrogen (secondary N) is 1. The third-order valence-electron chi connectivity index (χ3n) is 6.04. The number of rotatable bonds is 4. The minimum atomic E-state index is -0.299. The number of nitrogens with zero attached hydrogens (tertiary/aromatic N) is 3. The molecule has 6 nitrogen and oxygen atoms in total. The third-order valence-corrected chi connectivity index (χ3v) is 6.63. The molecule has 0 aliphatic carbocycles. The Morgan fingerprint density at radius 1 is 1.54 bits per heavy atom. The van der Waals surface area contributed by atoms with Gasteiger partial charge < -0.3 is 15.0 Å². The summed E-state index contributed by atoms with van der Waals surface area (Å²) in [7, 11) is 0. The van der Waals surface area contributed by atoms with Crippen LogP contribution >= 0.6 is 11.3 Å². The summed E-state index contributed by atoms with van der Waals surface area (Å²) in [6.45, 7) is 2.01. The minimum absolute atomic E-state index is 0.141. The summed E-state index contributed by atoms with van der Waals surface area (Å²) >= 11 is 1.41. The second-order valence-corrected chi connectivity index (χ2v) is 8.04. The molecule has 3 aliphatic rings. The Bertz CT molecular complexity index is 832. The van der Waals surface area contributed by atoms with Crippen LogP contribution in [0.15, 0.2) is 29.4 Å². The summed E-state index contributed by atoms with van der Waals surface area (Å²) in [5, 5.41) is 4.76. The van der Waals surface area contributed by atoms with Crippen LogP contribution in [-0.4, -0.2) is 47.2 Å². The molecule has 0 aromatic carbocycles. The summed E-state index contributed by atoms with van der Waals surface area (Å²) in [6.07, 6.45) is 5.06. The number of amides is 1. The highest BCUT2D eigenvalue weighted by atomic mass is 32.1. The molecule has 1 amide bonds. The van der Waals surface area contributed by atoms with Gasteiger partial charge in [-0.3, -0.25) is 9.78 Å². The molecular weight excluding hydrogens is 355 g/mol. The van der Waals surface area contributed by atoms with Gasteiger partial charge in [-0.2, -0.15) is 0 Å². The number of halogens is 1. The number of thiazole rings is 1. The first kappa shape index (κ1) is 16.1. The van der Waals surface area contributed by atoms with Gasteiger partial charge in [0.15, 0.2) is 5.82 Å². The quantitative estimate of drug-likeness (QED) is 0.888. The van der Waals surface area contributed by atoms with Gasteiger partial charge in [0.2, 0.25) is 0 Å². The predicted octanol–water partition coefficient (Wildman–Crippen LogP) is 2.09. The molecule has 2 bridgehead atoms. The van der Waals surface area contributed by atoms with Crippen molar-refractivity contribution in [1.29, 1.82) is 0 Å². The number of pyridine rings is 1. The number of hydrogen-bond donors (Lipinski definition) is 1. The van der Waals surface area contributed by atoms with Gasteiger partial charge in [0, 0.05) is 43.0 Å². The smallest absolute Gasteiger partial charge is 0.270 e. The predicted molar refractivity (Wildman–Crippen MR) is 94.7 cm³/mol. The molecule has 26 heavy (non-hydrogen) atoms. The lowest BCUT2D eigenvalue weighted by molar-refractivity contribution is 0.0141. The van der Waals surface area contributed by atoms with Crippen LogP contribution in [0.1, 0.15) is 23.3 Å². The van der Waals surface area contributed by atoms with Crippen molar-refractivity contribution in [3.63, 3.8) is 0 Å². The fourth-order valence-corrected chi connectivity index (χ4v) is 5.43. The molecule has 4 atom stereocenters. The monoisotopic (exact) mass is 374 g/mol. The molecule has 8 heteroatoms. The molecule has 5 rings (SSSR count). The minimum Gasteiger partial charge on any atom is -0.369 e. The molecule has 3 aliphatic heterocycles. The summed E-state index contributed by atoms with van der Waals surface area (Å²) < 4.78 is 20.5. The molecule has 0 radical (unpaired) electrons. The van der Waals surface area contributed by atoms with Gasteiger partial charge in [-0.25, -0.2) is 9.37 Å². The Kier molecular flexibility index (Phi) is 3.72. The van der Waals surface area contributed by atoms with Crippen LogP contribution in [0.2, 0.25) is 0 Å². The SMILES string of the molecule is O=C(NC[C@H]1[C@H]2CN(c3ccncc3F)C[C@]23CC[C@H]1O3)c1cscn1. The number of carbonyl (C=O) groups is 1. The highest BCUT2D eigenvalue weighted by Gasteiger charge is 2.63. The largest absolute Gasteiger partial charge is 0.369 e. The first-order valence-electron chi connectivity index (χ1n) is 8.85. The zero-order valence-electron chi connectivity index (χ0n) is 14.1. The molecule has 1 N–H and O–H groups in total. The zero-order valence-corrected chi connectivity index (χ0v) is 14.9. The number of carbonyl (C=O) groups excluding carboxylic acids is 1. The molecule has 3 saturated heterocycles. The molecule has 3 fully saturated rings. The summed E-state index contributed by atoms with van der Waals surface area (Å²) in [5.74, 6) is 0.107. The molecule has 1 spiro atoms.